The maximum Gasteiger partial charge on any atom is 0.354 e. The number of carbonyl (C=O) groups is 3. The molecular formula is C22H24N2O5S. The first-order valence-electron chi connectivity index (χ1n) is 9.43. The van der Waals surface area contributed by atoms with E-state index in [2.05, 4.69) is 0 Å². The van der Waals surface area contributed by atoms with Crippen LogP contribution in [0.2, 0.25) is 0 Å². The smallest absolute Gasteiger partial charge is 0.354 e. The molecule has 30 heavy (non-hydrogen) atoms. The van der Waals surface area contributed by atoms with E-state index >= 15 is 0 Å². The van der Waals surface area contributed by atoms with Crippen molar-refractivity contribution >= 4 is 29.0 Å². The minimum atomic E-state index is -0.769. The lowest BCUT2D eigenvalue weighted by Gasteiger charge is -2.27. The number of Topliss-reactive ketones (excluding diaryl/α,β-unsaturated/α-hetero) is 1. The van der Waals surface area contributed by atoms with Crippen molar-refractivity contribution < 1.29 is 23.5 Å². The lowest BCUT2D eigenvalue weighted by atomic mass is 9.99. The molecule has 3 rings (SSSR count). The molecule has 0 fully saturated rings. The number of amides is 1. The lowest BCUT2D eigenvalue weighted by Crippen LogP contribution is -2.42. The molecule has 0 saturated carbocycles. The first-order chi connectivity index (χ1) is 14.3. The molecule has 7 nitrogen and oxygen atoms in total. The van der Waals surface area contributed by atoms with Crippen LogP contribution in [0.5, 0.6) is 0 Å². The van der Waals surface area contributed by atoms with Crippen molar-refractivity contribution in [3.8, 4) is 0 Å². The number of aromatic nitrogens is 1. The Morgan fingerprint density at radius 3 is 2.53 bits per heavy atom. The van der Waals surface area contributed by atoms with Gasteiger partial charge in [0, 0.05) is 18.3 Å². The Kier molecular flexibility index (Phi) is 6.26. The number of carbonyl (C=O) groups excluding carboxylic acids is 3. The van der Waals surface area contributed by atoms with Gasteiger partial charge in [-0.1, -0.05) is 6.07 Å². The van der Waals surface area contributed by atoms with Crippen LogP contribution in [0.3, 0.4) is 0 Å². The molecular weight excluding hydrogens is 404 g/mol. The summed E-state index contributed by atoms with van der Waals surface area (Å²) in [6.07, 6.45) is 1.53. The molecule has 158 valence electrons. The van der Waals surface area contributed by atoms with E-state index in [-0.39, 0.29) is 18.2 Å². The van der Waals surface area contributed by atoms with Gasteiger partial charge in [0.15, 0.2) is 5.78 Å². The molecule has 0 bridgehead atoms. The summed E-state index contributed by atoms with van der Waals surface area (Å²) in [6.45, 7) is 5.35. The number of ether oxygens (including phenoxy) is 1. The standard InChI is InChI=1S/C22H24N2O5S/c1-13-18(14(2)23(4)19(13)22(27)28-5)20(25)15(3)24(12-16-8-6-10-29-16)21(26)17-9-7-11-30-17/h6-11,15H,12H2,1-5H3/t15-/m1/s1. The van der Waals surface area contributed by atoms with Gasteiger partial charge in [0.25, 0.3) is 5.91 Å². The third kappa shape index (κ3) is 3.82. The fourth-order valence-electron chi connectivity index (χ4n) is 3.57. The molecule has 0 aliphatic heterocycles. The molecule has 3 aromatic heterocycles. The number of esters is 1. The molecule has 0 aromatic carbocycles. The summed E-state index contributed by atoms with van der Waals surface area (Å²) in [5.74, 6) is -0.419. The first-order valence-corrected chi connectivity index (χ1v) is 10.3. The van der Waals surface area contributed by atoms with Crippen molar-refractivity contribution in [1.82, 2.24) is 9.47 Å². The molecule has 1 atom stereocenters. The van der Waals surface area contributed by atoms with Crippen LogP contribution in [-0.2, 0) is 18.3 Å². The Hall–Kier alpha value is -3.13. The van der Waals surface area contributed by atoms with Crippen LogP contribution in [-0.4, -0.2) is 40.3 Å². The summed E-state index contributed by atoms with van der Waals surface area (Å²) >= 11 is 1.32. The van der Waals surface area contributed by atoms with Gasteiger partial charge in [-0.2, -0.15) is 0 Å². The molecule has 3 heterocycles. The average molecular weight is 429 g/mol. The second-order valence-electron chi connectivity index (χ2n) is 7.01. The van der Waals surface area contributed by atoms with E-state index in [0.29, 0.717) is 33.2 Å². The zero-order valence-electron chi connectivity index (χ0n) is 17.6. The highest BCUT2D eigenvalue weighted by atomic mass is 32.1. The van der Waals surface area contributed by atoms with Crippen molar-refractivity contribution in [1.29, 1.82) is 0 Å². The van der Waals surface area contributed by atoms with Crippen LogP contribution in [0.15, 0.2) is 40.3 Å². The van der Waals surface area contributed by atoms with Crippen LogP contribution < -0.4 is 0 Å². The second-order valence-corrected chi connectivity index (χ2v) is 7.96. The van der Waals surface area contributed by atoms with Crippen LogP contribution in [0.4, 0.5) is 0 Å². The van der Waals surface area contributed by atoms with E-state index in [0.717, 1.165) is 0 Å². The van der Waals surface area contributed by atoms with Crippen LogP contribution in [0.25, 0.3) is 0 Å². The highest BCUT2D eigenvalue weighted by Gasteiger charge is 2.33. The molecule has 0 radical (unpaired) electrons. The van der Waals surface area contributed by atoms with E-state index in [9.17, 15) is 14.4 Å². The monoisotopic (exact) mass is 428 g/mol. The number of rotatable bonds is 7. The number of ketones is 1. The molecule has 3 aromatic rings. The third-order valence-electron chi connectivity index (χ3n) is 5.30. The van der Waals surface area contributed by atoms with Gasteiger partial charge >= 0.3 is 5.97 Å². The molecule has 0 aliphatic rings. The average Bonchev–Trinajstić information content (AvgIpc) is 3.47. The molecule has 1 amide bonds. The molecule has 0 unspecified atom stereocenters. The summed E-state index contributed by atoms with van der Waals surface area (Å²) in [7, 11) is 3.02. The van der Waals surface area contributed by atoms with Gasteiger partial charge in [-0.05, 0) is 49.9 Å². The molecule has 0 saturated heterocycles. The highest BCUT2D eigenvalue weighted by Crippen LogP contribution is 2.26. The maximum absolute atomic E-state index is 13.5. The second kappa shape index (κ2) is 8.71. The highest BCUT2D eigenvalue weighted by molar-refractivity contribution is 7.12. The summed E-state index contributed by atoms with van der Waals surface area (Å²) in [4.78, 5) is 40.9. The predicted molar refractivity (Wildman–Crippen MR) is 113 cm³/mol. The van der Waals surface area contributed by atoms with E-state index in [1.54, 1.807) is 56.7 Å². The number of hydrogen-bond acceptors (Lipinski definition) is 6. The van der Waals surface area contributed by atoms with Crippen LogP contribution >= 0.6 is 11.3 Å². The Morgan fingerprint density at radius 2 is 1.97 bits per heavy atom. The van der Waals surface area contributed by atoms with Gasteiger partial charge in [-0.15, -0.1) is 11.3 Å². The van der Waals surface area contributed by atoms with Crippen molar-refractivity contribution in [3.05, 3.63) is 69.1 Å². The van der Waals surface area contributed by atoms with Crippen molar-refractivity contribution in [2.75, 3.05) is 7.11 Å². The summed E-state index contributed by atoms with van der Waals surface area (Å²) in [5, 5.41) is 1.82. The van der Waals surface area contributed by atoms with Gasteiger partial charge in [0.05, 0.1) is 30.8 Å². The number of furan rings is 1. The van der Waals surface area contributed by atoms with E-state index in [4.69, 9.17) is 9.15 Å². The molecule has 0 spiro atoms. The minimum absolute atomic E-state index is 0.158. The summed E-state index contributed by atoms with van der Waals surface area (Å²) < 4.78 is 11.9. The number of nitrogens with zero attached hydrogens (tertiary/aromatic N) is 2. The Bertz CT molecular complexity index is 1060. The molecule has 0 aliphatic carbocycles. The fourth-order valence-corrected chi connectivity index (χ4v) is 4.25. The van der Waals surface area contributed by atoms with Gasteiger partial charge in [-0.3, -0.25) is 9.59 Å². The zero-order chi connectivity index (χ0) is 22.0. The predicted octanol–water partition coefficient (Wildman–Crippen LogP) is 4.00. The summed E-state index contributed by atoms with van der Waals surface area (Å²) in [6, 6.07) is 6.26. The van der Waals surface area contributed by atoms with Crippen LogP contribution in [0.1, 0.15) is 54.5 Å². The number of hydrogen-bond donors (Lipinski definition) is 0. The van der Waals surface area contributed by atoms with E-state index in [1.807, 2.05) is 5.38 Å². The fraction of sp³-hybridized carbons (Fsp3) is 0.318. The summed E-state index contributed by atoms with van der Waals surface area (Å²) in [5.41, 5.74) is 1.94. The largest absolute Gasteiger partial charge is 0.467 e. The zero-order valence-corrected chi connectivity index (χ0v) is 18.4. The van der Waals surface area contributed by atoms with E-state index in [1.165, 1.54) is 29.6 Å². The van der Waals surface area contributed by atoms with Gasteiger partial charge in [0.2, 0.25) is 0 Å². The van der Waals surface area contributed by atoms with Crippen molar-refractivity contribution in [2.24, 2.45) is 7.05 Å². The van der Waals surface area contributed by atoms with E-state index < -0.39 is 12.0 Å². The third-order valence-corrected chi connectivity index (χ3v) is 6.16. The topological polar surface area (TPSA) is 81.8 Å². The number of thiophene rings is 1. The van der Waals surface area contributed by atoms with Crippen LogP contribution in [0, 0.1) is 13.8 Å². The Labute approximate surface area is 178 Å². The lowest BCUT2D eigenvalue weighted by molar-refractivity contribution is 0.0587. The van der Waals surface area contributed by atoms with Crippen molar-refractivity contribution in [3.63, 3.8) is 0 Å². The maximum atomic E-state index is 13.5. The molecule has 8 heteroatoms. The van der Waals surface area contributed by atoms with Gasteiger partial charge in [0.1, 0.15) is 11.5 Å². The van der Waals surface area contributed by atoms with Gasteiger partial charge < -0.3 is 18.6 Å². The van der Waals surface area contributed by atoms with Crippen molar-refractivity contribution in [2.45, 2.75) is 33.4 Å². The van der Waals surface area contributed by atoms with Gasteiger partial charge in [-0.25, -0.2) is 4.79 Å². The number of methoxy groups -OCH3 is 1. The Morgan fingerprint density at radius 1 is 1.23 bits per heavy atom. The Balaban J connectivity index is 2.00. The molecule has 0 N–H and O–H groups in total. The minimum Gasteiger partial charge on any atom is -0.467 e. The SMILES string of the molecule is COC(=O)c1c(C)c(C(=O)[C@@H](C)N(Cc2ccco2)C(=O)c2cccs2)c(C)n1C. The normalized spacial score (nSPS) is 11.9. The first kappa shape index (κ1) is 21.6. The quantitative estimate of drug-likeness (QED) is 0.420.